The van der Waals surface area contributed by atoms with Crippen molar-refractivity contribution in [1.82, 2.24) is 10.2 Å². The average molecular weight is 395 g/mol. The van der Waals surface area contributed by atoms with Crippen molar-refractivity contribution >= 4 is 23.3 Å². The van der Waals surface area contributed by atoms with Gasteiger partial charge in [0.05, 0.1) is 6.42 Å². The highest BCUT2D eigenvalue weighted by Crippen LogP contribution is 2.15. The number of carbonyl (C=O) groups excluding carboxylic acids is 2. The first-order valence-corrected chi connectivity index (χ1v) is 10.2. The summed E-state index contributed by atoms with van der Waals surface area (Å²) in [4.78, 5) is 28.5. The lowest BCUT2D eigenvalue weighted by molar-refractivity contribution is -0.129. The van der Waals surface area contributed by atoms with E-state index in [1.165, 1.54) is 0 Å². The molecule has 2 aromatic rings. The number of rotatable bonds is 7. The van der Waals surface area contributed by atoms with E-state index < -0.39 is 0 Å². The minimum absolute atomic E-state index is 0.155. The Kier molecular flexibility index (Phi) is 7.11. The minimum Gasteiger partial charge on any atom is -0.370 e. The van der Waals surface area contributed by atoms with Gasteiger partial charge < -0.3 is 20.4 Å². The molecule has 3 rings (SSSR count). The number of urea groups is 1. The van der Waals surface area contributed by atoms with Gasteiger partial charge in [-0.2, -0.15) is 0 Å². The third kappa shape index (κ3) is 5.98. The van der Waals surface area contributed by atoms with Gasteiger partial charge in [0, 0.05) is 44.1 Å². The van der Waals surface area contributed by atoms with E-state index in [-0.39, 0.29) is 18.0 Å². The van der Waals surface area contributed by atoms with Gasteiger partial charge in [0.25, 0.3) is 0 Å². The number of nitrogens with zero attached hydrogens (tertiary/aromatic N) is 2. The number of likely N-dealkylation sites (N-methyl/N-ethyl adjacent to an activating group) is 1. The van der Waals surface area contributed by atoms with Crippen molar-refractivity contribution in [3.05, 3.63) is 60.2 Å². The number of para-hydroxylation sites is 1. The van der Waals surface area contributed by atoms with Gasteiger partial charge in [-0.1, -0.05) is 30.3 Å². The number of amides is 3. The van der Waals surface area contributed by atoms with Crippen LogP contribution in [0.1, 0.15) is 25.3 Å². The molecule has 0 radical (unpaired) electrons. The molecular weight excluding hydrogens is 364 g/mol. The third-order valence-electron chi connectivity index (χ3n) is 5.41. The van der Waals surface area contributed by atoms with Crippen molar-refractivity contribution in [3.63, 3.8) is 0 Å². The van der Waals surface area contributed by atoms with Crippen LogP contribution in [0.2, 0.25) is 0 Å². The van der Waals surface area contributed by atoms with Crippen molar-refractivity contribution in [1.29, 1.82) is 0 Å². The predicted octanol–water partition coefficient (Wildman–Crippen LogP) is 3.50. The lowest BCUT2D eigenvalue weighted by Crippen LogP contribution is -2.41. The molecule has 2 N–H and O–H groups in total. The van der Waals surface area contributed by atoms with Gasteiger partial charge >= 0.3 is 6.03 Å². The molecule has 1 aliphatic heterocycles. The van der Waals surface area contributed by atoms with E-state index in [0.717, 1.165) is 37.2 Å². The zero-order chi connectivity index (χ0) is 20.6. The molecule has 1 aliphatic rings. The van der Waals surface area contributed by atoms with Crippen LogP contribution in [0.3, 0.4) is 0 Å². The molecule has 1 fully saturated rings. The quantitative estimate of drug-likeness (QED) is 0.755. The van der Waals surface area contributed by atoms with Gasteiger partial charge in [-0.05, 0) is 49.6 Å². The molecule has 2 aromatic carbocycles. The van der Waals surface area contributed by atoms with Gasteiger partial charge in [-0.3, -0.25) is 4.79 Å². The number of nitrogens with one attached hydrogen (secondary N) is 2. The highest BCUT2D eigenvalue weighted by atomic mass is 16.2. The van der Waals surface area contributed by atoms with Crippen LogP contribution in [-0.4, -0.2) is 49.6 Å². The number of hydrogen-bond acceptors (Lipinski definition) is 3. The van der Waals surface area contributed by atoms with Gasteiger partial charge in [0.2, 0.25) is 5.91 Å². The Labute approximate surface area is 172 Å². The lowest BCUT2D eigenvalue weighted by Gasteiger charge is -2.27. The molecule has 0 aromatic heterocycles. The highest BCUT2D eigenvalue weighted by Gasteiger charge is 2.18. The summed E-state index contributed by atoms with van der Waals surface area (Å²) in [5.74, 6) is 0.178. The number of benzene rings is 2. The monoisotopic (exact) mass is 394 g/mol. The molecule has 29 heavy (non-hydrogen) atoms. The van der Waals surface area contributed by atoms with Crippen LogP contribution in [0.5, 0.6) is 0 Å². The maximum absolute atomic E-state index is 12.2. The Morgan fingerprint density at radius 3 is 2.34 bits per heavy atom. The summed E-state index contributed by atoms with van der Waals surface area (Å²) in [6.07, 6.45) is 2.61. The van der Waals surface area contributed by atoms with Gasteiger partial charge in [-0.15, -0.1) is 0 Å². The molecule has 6 heteroatoms. The normalized spacial score (nSPS) is 14.3. The third-order valence-corrected chi connectivity index (χ3v) is 5.41. The summed E-state index contributed by atoms with van der Waals surface area (Å²) >= 11 is 0. The molecule has 3 amide bonds. The second-order valence-corrected chi connectivity index (χ2v) is 7.59. The molecule has 1 atom stereocenters. The number of carbonyl (C=O) groups is 2. The fourth-order valence-corrected chi connectivity index (χ4v) is 3.43. The van der Waals surface area contributed by atoms with Gasteiger partial charge in [0.15, 0.2) is 0 Å². The second kappa shape index (κ2) is 9.96. The zero-order valence-electron chi connectivity index (χ0n) is 17.2. The minimum atomic E-state index is -0.237. The summed E-state index contributed by atoms with van der Waals surface area (Å²) in [6.45, 7) is 4.34. The van der Waals surface area contributed by atoms with E-state index >= 15 is 0 Å². The molecule has 1 saturated heterocycles. The van der Waals surface area contributed by atoms with Crippen LogP contribution >= 0.6 is 0 Å². The Morgan fingerprint density at radius 1 is 1.03 bits per heavy atom. The van der Waals surface area contributed by atoms with Crippen molar-refractivity contribution < 1.29 is 9.59 Å². The summed E-state index contributed by atoms with van der Waals surface area (Å²) < 4.78 is 0. The highest BCUT2D eigenvalue weighted by molar-refractivity contribution is 5.89. The zero-order valence-corrected chi connectivity index (χ0v) is 17.2. The van der Waals surface area contributed by atoms with Crippen LogP contribution in [0.15, 0.2) is 54.6 Å². The maximum Gasteiger partial charge on any atom is 0.319 e. The summed E-state index contributed by atoms with van der Waals surface area (Å²) in [5, 5.41) is 5.76. The van der Waals surface area contributed by atoms with E-state index in [1.807, 2.05) is 66.5 Å². The molecule has 1 heterocycles. The molecule has 154 valence electrons. The number of hydrogen-bond donors (Lipinski definition) is 2. The fourth-order valence-electron chi connectivity index (χ4n) is 3.43. The van der Waals surface area contributed by atoms with Crippen molar-refractivity contribution in [3.8, 4) is 0 Å². The van der Waals surface area contributed by atoms with Crippen molar-refractivity contribution in [2.75, 3.05) is 36.9 Å². The standard InChI is InChI=1S/C23H30N4O2/c1-18(26(2)21-8-4-3-5-9-21)17-24-23(29)25-20-12-10-19(11-13-20)16-22(28)27-14-6-7-15-27/h3-5,8-13,18H,6-7,14-17H2,1-2H3,(H2,24,25,29). The number of anilines is 2. The molecule has 6 nitrogen and oxygen atoms in total. The van der Waals surface area contributed by atoms with E-state index in [4.69, 9.17) is 0 Å². The Hall–Kier alpha value is -3.02. The van der Waals surface area contributed by atoms with Crippen LogP contribution in [0.4, 0.5) is 16.2 Å². The number of likely N-dealkylation sites (tertiary alicyclic amines) is 1. The largest absolute Gasteiger partial charge is 0.370 e. The SMILES string of the molecule is CC(CNC(=O)Nc1ccc(CC(=O)N2CCCC2)cc1)N(C)c1ccccc1. The van der Waals surface area contributed by atoms with Gasteiger partial charge in [-0.25, -0.2) is 4.79 Å². The first-order chi connectivity index (χ1) is 14.0. The van der Waals surface area contributed by atoms with Crippen LogP contribution in [0.25, 0.3) is 0 Å². The molecule has 0 aliphatic carbocycles. The smallest absolute Gasteiger partial charge is 0.319 e. The first-order valence-electron chi connectivity index (χ1n) is 10.2. The van der Waals surface area contributed by atoms with Crippen molar-refractivity contribution in [2.24, 2.45) is 0 Å². The molecule has 0 spiro atoms. The Bertz CT molecular complexity index is 801. The molecule has 1 unspecified atom stereocenters. The average Bonchev–Trinajstić information content (AvgIpc) is 3.28. The molecule has 0 saturated carbocycles. The van der Waals surface area contributed by atoms with E-state index in [0.29, 0.717) is 18.7 Å². The Morgan fingerprint density at radius 2 is 1.69 bits per heavy atom. The van der Waals surface area contributed by atoms with Gasteiger partial charge in [0.1, 0.15) is 0 Å². The summed E-state index contributed by atoms with van der Waals surface area (Å²) in [6, 6.07) is 17.5. The maximum atomic E-state index is 12.2. The van der Waals surface area contributed by atoms with Crippen LogP contribution in [-0.2, 0) is 11.2 Å². The summed E-state index contributed by atoms with van der Waals surface area (Å²) in [7, 11) is 2.02. The molecular formula is C23H30N4O2. The van der Waals surface area contributed by atoms with E-state index in [1.54, 1.807) is 0 Å². The summed E-state index contributed by atoms with van der Waals surface area (Å²) in [5.41, 5.74) is 2.79. The fraction of sp³-hybridized carbons (Fsp3) is 0.391. The topological polar surface area (TPSA) is 64.7 Å². The van der Waals surface area contributed by atoms with Crippen LogP contribution < -0.4 is 15.5 Å². The molecule has 0 bridgehead atoms. The van der Waals surface area contributed by atoms with Crippen LogP contribution in [0, 0.1) is 0 Å². The lowest BCUT2D eigenvalue weighted by atomic mass is 10.1. The van der Waals surface area contributed by atoms with Crippen molar-refractivity contribution in [2.45, 2.75) is 32.2 Å². The van der Waals surface area contributed by atoms with E-state index in [9.17, 15) is 9.59 Å². The predicted molar refractivity (Wildman–Crippen MR) is 117 cm³/mol. The van der Waals surface area contributed by atoms with E-state index in [2.05, 4.69) is 22.5 Å². The first kappa shape index (κ1) is 20.7. The Balaban J connectivity index is 1.43. The second-order valence-electron chi connectivity index (χ2n) is 7.59.